The molecule has 11 nitrogen and oxygen atoms in total. The SMILES string of the molecule is CC(C)(CN1CCOCC1)Nc1nc(NC2CC2)n2ncc(/C=C3\CC(=O)NC3=O)c2n1. The number of hydrogen-bond donors (Lipinski definition) is 3. The predicted molar refractivity (Wildman–Crippen MR) is 118 cm³/mol. The van der Waals surface area contributed by atoms with Crippen LogP contribution in [0, 0.1) is 0 Å². The first-order valence-corrected chi connectivity index (χ1v) is 11.0. The summed E-state index contributed by atoms with van der Waals surface area (Å²) in [5.41, 5.74) is 1.37. The van der Waals surface area contributed by atoms with Crippen molar-refractivity contribution in [1.29, 1.82) is 0 Å². The topological polar surface area (TPSA) is 126 Å². The van der Waals surface area contributed by atoms with E-state index in [1.165, 1.54) is 0 Å². The molecule has 3 fully saturated rings. The van der Waals surface area contributed by atoms with E-state index in [0.717, 1.165) is 45.7 Å². The molecule has 2 aromatic rings. The van der Waals surface area contributed by atoms with Crippen LogP contribution in [-0.2, 0) is 14.3 Å². The molecule has 4 heterocycles. The van der Waals surface area contributed by atoms with Crippen LogP contribution in [0.1, 0.15) is 38.7 Å². The van der Waals surface area contributed by atoms with E-state index in [0.29, 0.717) is 34.7 Å². The first-order valence-electron chi connectivity index (χ1n) is 11.0. The van der Waals surface area contributed by atoms with Crippen LogP contribution >= 0.6 is 0 Å². The van der Waals surface area contributed by atoms with Crippen LogP contribution in [0.4, 0.5) is 11.9 Å². The fourth-order valence-electron chi connectivity index (χ4n) is 4.03. The van der Waals surface area contributed by atoms with Gasteiger partial charge in [-0.25, -0.2) is 0 Å². The number of carbonyl (C=O) groups excluding carboxylic acids is 2. The van der Waals surface area contributed by atoms with Crippen molar-refractivity contribution in [2.45, 2.75) is 44.7 Å². The summed E-state index contributed by atoms with van der Waals surface area (Å²) >= 11 is 0. The first-order chi connectivity index (χ1) is 15.4. The third-order valence-corrected chi connectivity index (χ3v) is 5.70. The van der Waals surface area contributed by atoms with Crippen LogP contribution < -0.4 is 16.0 Å². The highest BCUT2D eigenvalue weighted by Gasteiger charge is 2.28. The van der Waals surface area contributed by atoms with Gasteiger partial charge in [-0.2, -0.15) is 19.6 Å². The highest BCUT2D eigenvalue weighted by Crippen LogP contribution is 2.27. The minimum atomic E-state index is -0.371. The molecule has 0 unspecified atom stereocenters. The monoisotopic (exact) mass is 440 g/mol. The minimum absolute atomic E-state index is 0.0616. The standard InChI is InChI=1S/C21H28N8O3/c1-21(2,12-28-5-7-32-8-6-28)27-19-25-17-14(9-13-10-16(30)24-18(13)31)11-22-29(17)20(26-19)23-15-3-4-15/h9,11,15H,3-8,10,12H2,1-2H3,(H,24,30,31)(H2,23,25,26,27)/b13-9+. The highest BCUT2D eigenvalue weighted by molar-refractivity contribution is 6.15. The Hall–Kier alpha value is -3.05. The molecule has 1 aliphatic carbocycles. The van der Waals surface area contributed by atoms with Crippen molar-refractivity contribution in [3.05, 3.63) is 17.3 Å². The fourth-order valence-corrected chi connectivity index (χ4v) is 4.03. The van der Waals surface area contributed by atoms with Crippen molar-refractivity contribution in [2.24, 2.45) is 0 Å². The van der Waals surface area contributed by atoms with Crippen LogP contribution in [0.5, 0.6) is 0 Å². The van der Waals surface area contributed by atoms with Gasteiger partial charge in [-0.1, -0.05) is 0 Å². The Morgan fingerprint density at radius 3 is 2.72 bits per heavy atom. The number of amides is 2. The van der Waals surface area contributed by atoms with Gasteiger partial charge in [0.15, 0.2) is 5.65 Å². The van der Waals surface area contributed by atoms with Crippen LogP contribution in [0.3, 0.4) is 0 Å². The molecule has 11 heteroatoms. The summed E-state index contributed by atoms with van der Waals surface area (Å²) in [5, 5.41) is 13.6. The summed E-state index contributed by atoms with van der Waals surface area (Å²) in [6, 6.07) is 0.381. The number of nitrogens with zero attached hydrogens (tertiary/aromatic N) is 5. The summed E-state index contributed by atoms with van der Waals surface area (Å²) in [6.45, 7) is 8.38. The van der Waals surface area contributed by atoms with E-state index < -0.39 is 0 Å². The van der Waals surface area contributed by atoms with Crippen molar-refractivity contribution in [3.8, 4) is 0 Å². The Labute approximate surface area is 185 Å². The smallest absolute Gasteiger partial charge is 0.254 e. The Morgan fingerprint density at radius 2 is 2.03 bits per heavy atom. The Kier molecular flexibility index (Phi) is 5.30. The van der Waals surface area contributed by atoms with Gasteiger partial charge in [0.1, 0.15) is 0 Å². The normalized spacial score (nSPS) is 21.4. The largest absolute Gasteiger partial charge is 0.379 e. The van der Waals surface area contributed by atoms with E-state index in [9.17, 15) is 9.59 Å². The number of aromatic nitrogens is 4. The summed E-state index contributed by atoms with van der Waals surface area (Å²) in [6.07, 6.45) is 5.58. The Balaban J connectivity index is 1.46. The van der Waals surface area contributed by atoms with Crippen molar-refractivity contribution in [2.75, 3.05) is 43.5 Å². The molecule has 2 aromatic heterocycles. The van der Waals surface area contributed by atoms with Gasteiger partial charge in [-0.05, 0) is 32.8 Å². The molecule has 5 rings (SSSR count). The lowest BCUT2D eigenvalue weighted by Gasteiger charge is -2.35. The second-order valence-corrected chi connectivity index (χ2v) is 9.25. The summed E-state index contributed by atoms with van der Waals surface area (Å²) < 4.78 is 7.10. The second-order valence-electron chi connectivity index (χ2n) is 9.25. The molecule has 3 aliphatic rings. The predicted octanol–water partition coefficient (Wildman–Crippen LogP) is 0.651. The molecule has 3 N–H and O–H groups in total. The molecule has 2 saturated heterocycles. The maximum atomic E-state index is 12.0. The lowest BCUT2D eigenvalue weighted by molar-refractivity contribution is -0.124. The Morgan fingerprint density at radius 1 is 1.25 bits per heavy atom. The summed E-state index contributed by atoms with van der Waals surface area (Å²) in [5.74, 6) is 0.435. The molecule has 0 radical (unpaired) electrons. The van der Waals surface area contributed by atoms with Gasteiger partial charge in [-0.3, -0.25) is 19.8 Å². The zero-order chi connectivity index (χ0) is 22.3. The lowest BCUT2D eigenvalue weighted by atomic mass is 10.0. The molecular weight excluding hydrogens is 412 g/mol. The van der Waals surface area contributed by atoms with E-state index in [1.54, 1.807) is 16.8 Å². The Bertz CT molecular complexity index is 1080. The van der Waals surface area contributed by atoms with Gasteiger partial charge in [0.05, 0.1) is 25.8 Å². The zero-order valence-corrected chi connectivity index (χ0v) is 18.3. The lowest BCUT2D eigenvalue weighted by Crippen LogP contribution is -2.48. The van der Waals surface area contributed by atoms with Crippen molar-refractivity contribution < 1.29 is 14.3 Å². The molecule has 0 spiro atoms. The number of anilines is 2. The quantitative estimate of drug-likeness (QED) is 0.420. The van der Waals surface area contributed by atoms with Gasteiger partial charge < -0.3 is 15.4 Å². The zero-order valence-electron chi connectivity index (χ0n) is 18.3. The number of ether oxygens (including phenoxy) is 1. The highest BCUT2D eigenvalue weighted by atomic mass is 16.5. The average Bonchev–Trinajstić information content (AvgIpc) is 3.37. The summed E-state index contributed by atoms with van der Waals surface area (Å²) in [4.78, 5) is 35.4. The van der Waals surface area contributed by atoms with Crippen molar-refractivity contribution in [3.63, 3.8) is 0 Å². The molecule has 2 aliphatic heterocycles. The maximum Gasteiger partial charge on any atom is 0.254 e. The van der Waals surface area contributed by atoms with Crippen molar-refractivity contribution in [1.82, 2.24) is 29.8 Å². The molecule has 2 amide bonds. The number of morpholine rings is 1. The van der Waals surface area contributed by atoms with E-state index in [1.807, 2.05) is 0 Å². The van der Waals surface area contributed by atoms with Gasteiger partial charge in [-0.15, -0.1) is 0 Å². The van der Waals surface area contributed by atoms with Crippen LogP contribution in [0.25, 0.3) is 11.7 Å². The number of nitrogens with one attached hydrogen (secondary N) is 3. The molecule has 170 valence electrons. The van der Waals surface area contributed by atoms with Crippen molar-refractivity contribution >= 4 is 35.4 Å². The van der Waals surface area contributed by atoms with Crippen LogP contribution in [0.15, 0.2) is 11.8 Å². The van der Waals surface area contributed by atoms with Gasteiger partial charge >= 0.3 is 0 Å². The molecular formula is C21H28N8O3. The van der Waals surface area contributed by atoms with E-state index in [-0.39, 0.29) is 23.8 Å². The molecule has 0 bridgehead atoms. The third-order valence-electron chi connectivity index (χ3n) is 5.70. The minimum Gasteiger partial charge on any atom is -0.379 e. The first kappa shape index (κ1) is 20.8. The molecule has 32 heavy (non-hydrogen) atoms. The average molecular weight is 441 g/mol. The fraction of sp³-hybridized carbons (Fsp3) is 0.571. The van der Waals surface area contributed by atoms with Crippen LogP contribution in [0.2, 0.25) is 0 Å². The number of carbonyl (C=O) groups is 2. The second kappa shape index (κ2) is 8.14. The van der Waals surface area contributed by atoms with Gasteiger partial charge in [0, 0.05) is 42.4 Å². The molecule has 1 saturated carbocycles. The van der Waals surface area contributed by atoms with Gasteiger partial charge in [0.2, 0.25) is 17.8 Å². The van der Waals surface area contributed by atoms with E-state index in [4.69, 9.17) is 14.7 Å². The number of rotatable bonds is 7. The van der Waals surface area contributed by atoms with Crippen LogP contribution in [-0.4, -0.2) is 80.7 Å². The number of fused-ring (bicyclic) bond motifs is 1. The third kappa shape index (κ3) is 4.58. The molecule has 0 aromatic carbocycles. The maximum absolute atomic E-state index is 12.0. The van der Waals surface area contributed by atoms with E-state index >= 15 is 0 Å². The summed E-state index contributed by atoms with van der Waals surface area (Å²) in [7, 11) is 0. The van der Waals surface area contributed by atoms with E-state index in [2.05, 4.69) is 39.8 Å². The number of hydrogen-bond acceptors (Lipinski definition) is 9. The molecule has 0 atom stereocenters. The number of imide groups is 1. The van der Waals surface area contributed by atoms with Gasteiger partial charge in [0.25, 0.3) is 5.91 Å².